The maximum absolute atomic E-state index is 4.88. The van der Waals surface area contributed by atoms with Gasteiger partial charge in [-0.3, -0.25) is 0 Å². The largest absolute Gasteiger partial charge is 0.158 e. The number of nitrogens with zero attached hydrogens (tertiary/aromatic N) is 2. The zero-order chi connectivity index (χ0) is 9.52. The number of hydrogen-bond acceptors (Lipinski definition) is 3. The fraction of sp³-hybridized carbons (Fsp3) is 0. The van der Waals surface area contributed by atoms with Gasteiger partial charge in [-0.25, -0.2) is 0 Å². The summed E-state index contributed by atoms with van der Waals surface area (Å²) in [5, 5.41) is 9.80. The minimum absolute atomic E-state index is 0. The first-order valence-corrected chi connectivity index (χ1v) is 8.99. The molecule has 0 aliphatic heterocycles. The molecule has 0 amide bonds. The number of aromatic nitrogens is 2. The van der Waals surface area contributed by atoms with E-state index in [2.05, 4.69) is 10.2 Å². The average molecular weight is 413 g/mol. The Labute approximate surface area is 98.8 Å². The summed E-state index contributed by atoms with van der Waals surface area (Å²) in [5.41, 5.74) is 0. The second-order valence-corrected chi connectivity index (χ2v) is 5.45. The minimum Gasteiger partial charge on any atom is -0.158 e. The van der Waals surface area contributed by atoms with Crippen molar-refractivity contribution in [3.8, 4) is 0 Å². The zero-order valence-corrected chi connectivity index (χ0v) is 10.9. The first kappa shape index (κ1) is 13.8. The summed E-state index contributed by atoms with van der Waals surface area (Å²) < 4.78 is 0. The van der Waals surface area contributed by atoms with Crippen molar-refractivity contribution in [3.63, 3.8) is 0 Å². The molecule has 0 spiro atoms. The fourth-order valence-electron chi connectivity index (χ4n) is 0.937. The van der Waals surface area contributed by atoms with Gasteiger partial charge in [-0.2, -0.15) is 10.2 Å². The molecule has 0 bridgehead atoms. The van der Waals surface area contributed by atoms with Crippen LogP contribution in [0, 0.1) is 0 Å². The predicted octanol–water partition coefficient (Wildman–Crippen LogP) is 3.17. The van der Waals surface area contributed by atoms with Crippen LogP contribution < -0.4 is 6.15 Å². The molecule has 2 rings (SSSR count). The van der Waals surface area contributed by atoms with Crippen molar-refractivity contribution in [1.82, 2.24) is 16.3 Å². The molecule has 0 aliphatic carbocycles. The molecule has 1 aromatic carbocycles. The van der Waals surface area contributed by atoms with Gasteiger partial charge < -0.3 is 6.15 Å². The van der Waals surface area contributed by atoms with E-state index in [9.17, 15) is 0 Å². The molecular weight excluding hydrogens is 404 g/mol. The standard InChI is InChI=1S/C8H6N2.2ClH.H3N.Pt/c1-2-4-8-6-10-9-5-7(8)3-1;;;;/h1-6H;2*1H;1H3;/q;;;;+2/p-2. The van der Waals surface area contributed by atoms with E-state index in [0.29, 0.717) is 0 Å². The summed E-state index contributed by atoms with van der Waals surface area (Å²) in [4.78, 5) is 0. The molecule has 0 radical (unpaired) electrons. The Balaban J connectivity index is 0.000000381. The van der Waals surface area contributed by atoms with Crippen LogP contribution in [0.1, 0.15) is 0 Å². The van der Waals surface area contributed by atoms with Gasteiger partial charge >= 0.3 is 35.3 Å². The number of benzene rings is 1. The summed E-state index contributed by atoms with van der Waals surface area (Å²) in [6.45, 7) is 0. The predicted molar refractivity (Wildman–Crippen MR) is 56.3 cm³/mol. The molecular formula is C8H9Cl2N3Pt. The van der Waals surface area contributed by atoms with Gasteiger partial charge in [0.25, 0.3) is 0 Å². The van der Waals surface area contributed by atoms with Gasteiger partial charge in [0.15, 0.2) is 0 Å². The Morgan fingerprint density at radius 1 is 0.929 bits per heavy atom. The van der Waals surface area contributed by atoms with Crippen LogP contribution in [0.15, 0.2) is 36.7 Å². The van der Waals surface area contributed by atoms with Gasteiger partial charge in [0.05, 0.1) is 12.4 Å². The molecule has 0 unspecified atom stereocenters. The molecule has 0 aliphatic rings. The van der Waals surface area contributed by atoms with Crippen LogP contribution in [0.25, 0.3) is 10.8 Å². The van der Waals surface area contributed by atoms with Gasteiger partial charge in [-0.1, -0.05) is 24.3 Å². The van der Waals surface area contributed by atoms with Crippen LogP contribution in [0.3, 0.4) is 0 Å². The quantitative estimate of drug-likeness (QED) is 0.722. The Morgan fingerprint density at radius 3 is 1.64 bits per heavy atom. The SMILES string of the molecule is N.[Cl][Pt][Cl].c1ccc2cnncc2c1. The van der Waals surface area contributed by atoms with Crippen molar-refractivity contribution in [2.75, 3.05) is 0 Å². The number of halogens is 2. The summed E-state index contributed by atoms with van der Waals surface area (Å²) in [5.74, 6) is 0. The molecule has 80 valence electrons. The van der Waals surface area contributed by atoms with Crippen LogP contribution in [-0.2, 0) is 16.5 Å². The van der Waals surface area contributed by atoms with E-state index in [1.807, 2.05) is 24.3 Å². The smallest absolute Gasteiger partial charge is 0.0574 e. The van der Waals surface area contributed by atoms with E-state index in [-0.39, 0.29) is 6.15 Å². The molecule has 6 heteroatoms. The molecule has 0 saturated carbocycles. The van der Waals surface area contributed by atoms with Gasteiger partial charge in [-0.15, -0.1) is 0 Å². The molecule has 2 aromatic rings. The van der Waals surface area contributed by atoms with Gasteiger partial charge in [-0.05, 0) is 0 Å². The first-order chi connectivity index (χ1) is 6.38. The maximum Gasteiger partial charge on any atom is 0.0574 e. The first-order valence-electron chi connectivity index (χ1n) is 3.36. The van der Waals surface area contributed by atoms with Crippen LogP contribution in [-0.4, -0.2) is 10.2 Å². The molecule has 1 aromatic heterocycles. The van der Waals surface area contributed by atoms with Crippen molar-refractivity contribution >= 4 is 29.6 Å². The Bertz CT molecular complexity index is 307. The van der Waals surface area contributed by atoms with Gasteiger partial charge in [0, 0.05) is 10.8 Å². The Kier molecular flexibility index (Phi) is 8.00. The summed E-state index contributed by atoms with van der Waals surface area (Å²) in [6, 6.07) is 8.02. The molecule has 1 heterocycles. The second-order valence-electron chi connectivity index (χ2n) is 2.16. The summed E-state index contributed by atoms with van der Waals surface area (Å²) in [6.07, 6.45) is 3.52. The second kappa shape index (κ2) is 8.13. The fourth-order valence-corrected chi connectivity index (χ4v) is 0.937. The number of fused-ring (bicyclic) bond motifs is 1. The van der Waals surface area contributed by atoms with E-state index in [0.717, 1.165) is 10.8 Å². The molecule has 0 atom stereocenters. The minimum atomic E-state index is -0.472. The monoisotopic (exact) mass is 412 g/mol. The van der Waals surface area contributed by atoms with Crippen molar-refractivity contribution in [2.45, 2.75) is 0 Å². The van der Waals surface area contributed by atoms with E-state index < -0.39 is 16.5 Å². The zero-order valence-electron chi connectivity index (χ0n) is 7.14. The van der Waals surface area contributed by atoms with E-state index in [1.165, 1.54) is 0 Å². The van der Waals surface area contributed by atoms with Gasteiger partial charge in [0.1, 0.15) is 0 Å². The van der Waals surface area contributed by atoms with E-state index in [1.54, 1.807) is 12.4 Å². The third kappa shape index (κ3) is 4.34. The maximum atomic E-state index is 4.88. The van der Waals surface area contributed by atoms with Crippen molar-refractivity contribution in [2.24, 2.45) is 0 Å². The molecule has 3 nitrogen and oxygen atoms in total. The topological polar surface area (TPSA) is 60.8 Å². The summed E-state index contributed by atoms with van der Waals surface area (Å²) in [7, 11) is 9.75. The number of hydrogen-bond donors (Lipinski definition) is 1. The third-order valence-corrected chi connectivity index (χ3v) is 1.46. The van der Waals surface area contributed by atoms with Crippen LogP contribution >= 0.6 is 18.8 Å². The average Bonchev–Trinajstić information content (AvgIpc) is 2.19. The Hall–Kier alpha value is -0.212. The van der Waals surface area contributed by atoms with E-state index >= 15 is 0 Å². The number of rotatable bonds is 0. The van der Waals surface area contributed by atoms with Crippen molar-refractivity contribution in [1.29, 1.82) is 0 Å². The molecule has 3 N–H and O–H groups in total. The van der Waals surface area contributed by atoms with Gasteiger partial charge in [0.2, 0.25) is 0 Å². The van der Waals surface area contributed by atoms with Crippen LogP contribution in [0.5, 0.6) is 0 Å². The van der Waals surface area contributed by atoms with Crippen LogP contribution in [0.4, 0.5) is 0 Å². The summed E-state index contributed by atoms with van der Waals surface area (Å²) >= 11 is -0.472. The third-order valence-electron chi connectivity index (χ3n) is 1.46. The van der Waals surface area contributed by atoms with Crippen molar-refractivity contribution < 1.29 is 16.5 Å². The van der Waals surface area contributed by atoms with Crippen molar-refractivity contribution in [3.05, 3.63) is 36.7 Å². The normalized spacial score (nSPS) is 8.71. The molecule has 0 saturated heterocycles. The molecule has 0 fully saturated rings. The Morgan fingerprint density at radius 2 is 1.29 bits per heavy atom. The van der Waals surface area contributed by atoms with E-state index in [4.69, 9.17) is 18.8 Å². The molecule has 14 heavy (non-hydrogen) atoms. The van der Waals surface area contributed by atoms with Crippen LogP contribution in [0.2, 0.25) is 0 Å².